The lowest BCUT2D eigenvalue weighted by Gasteiger charge is -2.18. The van der Waals surface area contributed by atoms with E-state index in [1.807, 2.05) is 18.2 Å². The van der Waals surface area contributed by atoms with Crippen LogP contribution in [-0.2, 0) is 11.2 Å². The highest BCUT2D eigenvalue weighted by molar-refractivity contribution is 5.77. The van der Waals surface area contributed by atoms with Crippen molar-refractivity contribution in [1.82, 2.24) is 5.32 Å². The molecule has 0 radical (unpaired) electrons. The van der Waals surface area contributed by atoms with Gasteiger partial charge in [0.25, 0.3) is 0 Å². The minimum Gasteiger partial charge on any atom is -0.434 e. The van der Waals surface area contributed by atoms with Crippen molar-refractivity contribution >= 4 is 11.6 Å². The largest absolute Gasteiger partial charge is 0.434 e. The summed E-state index contributed by atoms with van der Waals surface area (Å²) in [6.45, 7) is -1.18. The maximum atomic E-state index is 12.5. The van der Waals surface area contributed by atoms with Gasteiger partial charge in [-0.2, -0.15) is 8.78 Å². The van der Waals surface area contributed by atoms with E-state index in [1.54, 1.807) is 31.2 Å². The second-order valence-corrected chi connectivity index (χ2v) is 5.40. The van der Waals surface area contributed by atoms with Crippen molar-refractivity contribution in [3.8, 4) is 5.75 Å². The van der Waals surface area contributed by atoms with E-state index in [-0.39, 0.29) is 18.1 Å². The summed E-state index contributed by atoms with van der Waals surface area (Å²) in [5.74, 6) is -0.120. The van der Waals surface area contributed by atoms with Crippen molar-refractivity contribution in [3.05, 3.63) is 59.7 Å². The number of nitrogen functional groups attached to an aromatic ring is 1. The maximum absolute atomic E-state index is 12.5. The third-order valence-corrected chi connectivity index (χ3v) is 3.66. The summed E-state index contributed by atoms with van der Waals surface area (Å²) in [7, 11) is 0. The number of aryl methyl sites for hydroxylation is 1. The third-order valence-electron chi connectivity index (χ3n) is 3.66. The van der Waals surface area contributed by atoms with E-state index >= 15 is 0 Å². The fourth-order valence-corrected chi connectivity index (χ4v) is 2.44. The van der Waals surface area contributed by atoms with Gasteiger partial charge in [0, 0.05) is 17.7 Å². The molecule has 6 heteroatoms. The number of amides is 1. The summed E-state index contributed by atoms with van der Waals surface area (Å²) in [6.07, 6.45) is 0.775. The number of carbonyl (C=O) groups is 1. The van der Waals surface area contributed by atoms with E-state index in [2.05, 4.69) is 10.1 Å². The van der Waals surface area contributed by atoms with Crippen LogP contribution in [0.5, 0.6) is 5.75 Å². The molecule has 0 heterocycles. The molecule has 0 fully saturated rings. The Kier molecular flexibility index (Phi) is 6.12. The number of ether oxygens (including phenoxy) is 1. The van der Waals surface area contributed by atoms with Gasteiger partial charge < -0.3 is 15.8 Å². The summed E-state index contributed by atoms with van der Waals surface area (Å²) >= 11 is 0. The van der Waals surface area contributed by atoms with Gasteiger partial charge in [0.2, 0.25) is 5.91 Å². The minimum absolute atomic E-state index is 0.0626. The minimum atomic E-state index is -2.91. The number of anilines is 1. The van der Waals surface area contributed by atoms with E-state index in [0.29, 0.717) is 17.7 Å². The molecule has 1 atom stereocenters. The van der Waals surface area contributed by atoms with Gasteiger partial charge in [-0.1, -0.05) is 36.4 Å². The Bertz CT molecular complexity index is 692. The highest BCUT2D eigenvalue weighted by atomic mass is 19.3. The Morgan fingerprint density at radius 1 is 1.17 bits per heavy atom. The Morgan fingerprint density at radius 2 is 1.83 bits per heavy atom. The number of hydrogen-bond donors (Lipinski definition) is 2. The van der Waals surface area contributed by atoms with E-state index in [0.717, 1.165) is 5.56 Å². The van der Waals surface area contributed by atoms with Crippen molar-refractivity contribution in [2.75, 3.05) is 5.73 Å². The molecule has 0 spiro atoms. The number of nitrogens with two attached hydrogens (primary N) is 1. The van der Waals surface area contributed by atoms with Gasteiger partial charge in [0.15, 0.2) is 0 Å². The SMILES string of the molecule is CC(NC(=O)CCc1ccccc1N)c1ccccc1OC(F)F. The first-order chi connectivity index (χ1) is 11.5. The van der Waals surface area contributed by atoms with Crippen molar-refractivity contribution in [3.63, 3.8) is 0 Å². The number of carbonyl (C=O) groups excluding carboxylic acids is 1. The first kappa shape index (κ1) is 17.7. The predicted octanol–water partition coefficient (Wildman–Crippen LogP) is 3.68. The molecule has 0 aliphatic heterocycles. The van der Waals surface area contributed by atoms with Gasteiger partial charge in [0.1, 0.15) is 5.75 Å². The number of para-hydroxylation sites is 2. The lowest BCUT2D eigenvalue weighted by atomic mass is 10.1. The third kappa shape index (κ3) is 4.94. The second-order valence-electron chi connectivity index (χ2n) is 5.40. The lowest BCUT2D eigenvalue weighted by Crippen LogP contribution is -2.27. The van der Waals surface area contributed by atoms with Crippen LogP contribution >= 0.6 is 0 Å². The van der Waals surface area contributed by atoms with Crippen LogP contribution in [0, 0.1) is 0 Å². The zero-order valence-corrected chi connectivity index (χ0v) is 13.3. The van der Waals surface area contributed by atoms with Crippen LogP contribution in [0.3, 0.4) is 0 Å². The average molecular weight is 334 g/mol. The number of nitrogens with one attached hydrogen (secondary N) is 1. The van der Waals surface area contributed by atoms with E-state index in [4.69, 9.17) is 5.73 Å². The van der Waals surface area contributed by atoms with E-state index in [1.165, 1.54) is 6.07 Å². The van der Waals surface area contributed by atoms with E-state index < -0.39 is 12.7 Å². The van der Waals surface area contributed by atoms with Gasteiger partial charge in [0.05, 0.1) is 6.04 Å². The van der Waals surface area contributed by atoms with Gasteiger partial charge in [-0.15, -0.1) is 0 Å². The topological polar surface area (TPSA) is 64.4 Å². The standard InChI is InChI=1S/C18H20F2N2O2/c1-12(14-7-3-5-9-16(14)24-18(19)20)22-17(23)11-10-13-6-2-4-8-15(13)21/h2-9,12,18H,10-11,21H2,1H3,(H,22,23). The van der Waals surface area contributed by atoms with Gasteiger partial charge in [-0.3, -0.25) is 4.79 Å². The predicted molar refractivity (Wildman–Crippen MR) is 88.8 cm³/mol. The number of hydrogen-bond acceptors (Lipinski definition) is 3. The van der Waals surface area contributed by atoms with Crippen LogP contribution in [0.2, 0.25) is 0 Å². The smallest absolute Gasteiger partial charge is 0.387 e. The molecule has 3 N–H and O–H groups in total. The fourth-order valence-electron chi connectivity index (χ4n) is 2.44. The molecule has 0 aromatic heterocycles. The molecule has 1 amide bonds. The van der Waals surface area contributed by atoms with Crippen molar-refractivity contribution < 1.29 is 18.3 Å². The molecule has 1 unspecified atom stereocenters. The van der Waals surface area contributed by atoms with Crippen molar-refractivity contribution in [2.45, 2.75) is 32.4 Å². The lowest BCUT2D eigenvalue weighted by molar-refractivity contribution is -0.121. The molecule has 24 heavy (non-hydrogen) atoms. The maximum Gasteiger partial charge on any atom is 0.387 e. The number of alkyl halides is 2. The highest BCUT2D eigenvalue weighted by Crippen LogP contribution is 2.26. The summed E-state index contributed by atoms with van der Waals surface area (Å²) in [5, 5.41) is 2.79. The molecule has 128 valence electrons. The summed E-state index contributed by atoms with van der Waals surface area (Å²) < 4.78 is 29.4. The first-order valence-corrected chi connectivity index (χ1v) is 7.64. The fraction of sp³-hybridized carbons (Fsp3) is 0.278. The molecule has 2 aromatic rings. The number of halogens is 2. The summed E-state index contributed by atoms with van der Waals surface area (Å²) in [5.41, 5.74) is 7.90. The van der Waals surface area contributed by atoms with Crippen LogP contribution in [0.1, 0.15) is 30.5 Å². The van der Waals surface area contributed by atoms with Gasteiger partial charge in [-0.05, 0) is 31.0 Å². The molecular formula is C18H20F2N2O2. The quantitative estimate of drug-likeness (QED) is 0.759. The molecule has 0 aliphatic rings. The van der Waals surface area contributed by atoms with Crippen LogP contribution < -0.4 is 15.8 Å². The molecule has 4 nitrogen and oxygen atoms in total. The molecule has 2 aromatic carbocycles. The Balaban J connectivity index is 1.95. The second kappa shape index (κ2) is 8.29. The van der Waals surface area contributed by atoms with Gasteiger partial charge >= 0.3 is 6.61 Å². The van der Waals surface area contributed by atoms with Crippen molar-refractivity contribution in [2.24, 2.45) is 0 Å². The monoisotopic (exact) mass is 334 g/mol. The van der Waals surface area contributed by atoms with Crippen LogP contribution in [0.4, 0.5) is 14.5 Å². The zero-order chi connectivity index (χ0) is 17.5. The molecule has 0 aliphatic carbocycles. The first-order valence-electron chi connectivity index (χ1n) is 7.64. The summed E-state index contributed by atoms with van der Waals surface area (Å²) in [6, 6.07) is 13.3. The molecule has 0 bridgehead atoms. The van der Waals surface area contributed by atoms with Crippen molar-refractivity contribution in [1.29, 1.82) is 0 Å². The van der Waals surface area contributed by atoms with Crippen LogP contribution in [-0.4, -0.2) is 12.5 Å². The van der Waals surface area contributed by atoms with Crippen LogP contribution in [0.25, 0.3) is 0 Å². The van der Waals surface area contributed by atoms with Crippen LogP contribution in [0.15, 0.2) is 48.5 Å². The molecule has 0 saturated carbocycles. The Hall–Kier alpha value is -2.63. The normalized spacial score (nSPS) is 12.0. The summed E-state index contributed by atoms with van der Waals surface area (Å²) in [4.78, 5) is 12.1. The molecule has 0 saturated heterocycles. The number of rotatable bonds is 7. The van der Waals surface area contributed by atoms with Gasteiger partial charge in [-0.25, -0.2) is 0 Å². The average Bonchev–Trinajstić information content (AvgIpc) is 2.54. The van der Waals surface area contributed by atoms with E-state index in [9.17, 15) is 13.6 Å². The molecular weight excluding hydrogens is 314 g/mol. The Labute approximate surface area is 139 Å². The Morgan fingerprint density at radius 3 is 2.54 bits per heavy atom. The number of benzene rings is 2. The zero-order valence-electron chi connectivity index (χ0n) is 13.3. The highest BCUT2D eigenvalue weighted by Gasteiger charge is 2.16. The molecule has 2 rings (SSSR count).